The molecule has 0 N–H and O–H groups in total. The molecule has 0 aliphatic rings. The molecule has 0 spiro atoms. The second kappa shape index (κ2) is 5.01. The van der Waals surface area contributed by atoms with Crippen molar-refractivity contribution in [2.24, 2.45) is 0 Å². The van der Waals surface area contributed by atoms with Crippen LogP contribution in [-0.4, -0.2) is 18.3 Å². The fourth-order valence-electron chi connectivity index (χ4n) is 0.741. The summed E-state index contributed by atoms with van der Waals surface area (Å²) in [6.45, 7) is 0. The fraction of sp³-hybridized carbons (Fsp3) is 0.750. The van der Waals surface area contributed by atoms with Gasteiger partial charge in [-0.2, -0.15) is 35.1 Å². The van der Waals surface area contributed by atoms with E-state index in [1.807, 2.05) is 0 Å². The molecular weight excluding hydrogens is 248 g/mol. The van der Waals surface area contributed by atoms with Gasteiger partial charge in [0.1, 0.15) is 0 Å². The highest BCUT2D eigenvalue weighted by Gasteiger charge is 2.56. The maximum Gasteiger partial charge on any atom is 0.453 e. The second-order valence-electron chi connectivity index (χ2n) is 3.03. The van der Waals surface area contributed by atoms with Gasteiger partial charge in [0, 0.05) is 6.42 Å². The third kappa shape index (κ3) is 5.92. The summed E-state index contributed by atoms with van der Waals surface area (Å²) in [7, 11) is 0. The van der Waals surface area contributed by atoms with Crippen molar-refractivity contribution in [1.82, 2.24) is 0 Å². The summed E-state index contributed by atoms with van der Waals surface area (Å²) in [5.41, 5.74) is 0. The Hall–Kier alpha value is -0.820. The van der Waals surface area contributed by atoms with Crippen molar-refractivity contribution >= 4 is 0 Å². The molecule has 0 aromatic rings. The highest BCUT2D eigenvalue weighted by atomic mass is 19.4. The van der Waals surface area contributed by atoms with Crippen molar-refractivity contribution in [3.05, 3.63) is 12.2 Å². The summed E-state index contributed by atoms with van der Waals surface area (Å²) >= 11 is 0. The van der Waals surface area contributed by atoms with Crippen LogP contribution in [0.25, 0.3) is 0 Å². The molecule has 0 bridgehead atoms. The molecule has 96 valence electrons. The molecule has 0 aromatic carbocycles. The molecule has 16 heavy (non-hydrogen) atoms. The van der Waals surface area contributed by atoms with Crippen molar-refractivity contribution in [3.8, 4) is 0 Å². The van der Waals surface area contributed by atoms with E-state index in [0.29, 0.717) is 12.2 Å². The number of allylic oxidation sites excluding steroid dienone is 2. The topological polar surface area (TPSA) is 0 Å². The Morgan fingerprint density at radius 3 is 1.62 bits per heavy atom. The van der Waals surface area contributed by atoms with E-state index < -0.39 is 37.5 Å². The SMILES string of the molecule is FC(F)(F)C/C=C/CCC(F)(F)C(F)(F)F. The Morgan fingerprint density at radius 2 is 1.25 bits per heavy atom. The van der Waals surface area contributed by atoms with Crippen molar-refractivity contribution in [3.63, 3.8) is 0 Å². The normalized spacial score (nSPS) is 14.8. The number of alkyl halides is 8. The molecule has 0 rings (SSSR count). The molecule has 0 atom stereocenters. The number of rotatable bonds is 4. The maximum atomic E-state index is 12.2. The van der Waals surface area contributed by atoms with Crippen molar-refractivity contribution < 1.29 is 35.1 Å². The van der Waals surface area contributed by atoms with Crippen LogP contribution in [0.5, 0.6) is 0 Å². The van der Waals surface area contributed by atoms with E-state index in [9.17, 15) is 35.1 Å². The lowest BCUT2D eigenvalue weighted by molar-refractivity contribution is -0.283. The number of hydrogen-bond acceptors (Lipinski definition) is 0. The lowest BCUT2D eigenvalue weighted by Gasteiger charge is -2.18. The van der Waals surface area contributed by atoms with E-state index in [2.05, 4.69) is 0 Å². The quantitative estimate of drug-likeness (QED) is 0.514. The Labute approximate surface area is 85.9 Å². The zero-order chi connectivity index (χ0) is 13.0. The molecule has 0 saturated heterocycles. The number of halogens is 8. The molecule has 0 amide bonds. The Bertz CT molecular complexity index is 233. The molecule has 0 aliphatic heterocycles. The van der Waals surface area contributed by atoms with Crippen LogP contribution in [0.2, 0.25) is 0 Å². The third-order valence-electron chi connectivity index (χ3n) is 1.56. The van der Waals surface area contributed by atoms with Crippen LogP contribution in [0.3, 0.4) is 0 Å². The van der Waals surface area contributed by atoms with Gasteiger partial charge in [-0.15, -0.1) is 0 Å². The Kier molecular flexibility index (Phi) is 4.75. The summed E-state index contributed by atoms with van der Waals surface area (Å²) in [5, 5.41) is 0. The highest BCUT2D eigenvalue weighted by molar-refractivity contribution is 4.87. The van der Waals surface area contributed by atoms with Gasteiger partial charge in [0.05, 0.1) is 6.42 Å². The zero-order valence-electron chi connectivity index (χ0n) is 7.80. The monoisotopic (exact) mass is 256 g/mol. The molecule has 0 aliphatic carbocycles. The average Bonchev–Trinajstić information content (AvgIpc) is 1.98. The minimum atomic E-state index is -5.66. The lowest BCUT2D eigenvalue weighted by atomic mass is 10.1. The molecular formula is C8H8F8. The van der Waals surface area contributed by atoms with Crippen LogP contribution in [0.15, 0.2) is 12.2 Å². The third-order valence-corrected chi connectivity index (χ3v) is 1.56. The standard InChI is InChI=1S/C8H8F8/c9-6(10,8(14,15)16)4-2-1-3-5-7(11,12)13/h1,3H,2,4-5H2/b3-1+. The highest BCUT2D eigenvalue weighted by Crippen LogP contribution is 2.38. The van der Waals surface area contributed by atoms with Crippen LogP contribution in [0.4, 0.5) is 35.1 Å². The van der Waals surface area contributed by atoms with Crippen LogP contribution in [0.1, 0.15) is 19.3 Å². The van der Waals surface area contributed by atoms with Gasteiger partial charge in [-0.25, -0.2) is 0 Å². The van der Waals surface area contributed by atoms with Gasteiger partial charge in [0.25, 0.3) is 0 Å². The van der Waals surface area contributed by atoms with Crippen LogP contribution in [0, 0.1) is 0 Å². The molecule has 0 radical (unpaired) electrons. The summed E-state index contributed by atoms with van der Waals surface area (Å²) in [6.07, 6.45) is -12.6. The zero-order valence-corrected chi connectivity index (χ0v) is 7.80. The van der Waals surface area contributed by atoms with Crippen molar-refractivity contribution in [2.45, 2.75) is 37.5 Å². The van der Waals surface area contributed by atoms with E-state index in [-0.39, 0.29) is 0 Å². The van der Waals surface area contributed by atoms with Gasteiger partial charge in [-0.1, -0.05) is 12.2 Å². The second-order valence-corrected chi connectivity index (χ2v) is 3.03. The predicted molar refractivity (Wildman–Crippen MR) is 40.0 cm³/mol. The molecule has 0 saturated carbocycles. The fourth-order valence-corrected chi connectivity index (χ4v) is 0.741. The Balaban J connectivity index is 4.00. The van der Waals surface area contributed by atoms with Gasteiger partial charge in [-0.05, 0) is 6.42 Å². The average molecular weight is 256 g/mol. The molecule has 0 aromatic heterocycles. The van der Waals surface area contributed by atoms with Crippen LogP contribution >= 0.6 is 0 Å². The van der Waals surface area contributed by atoms with Gasteiger partial charge >= 0.3 is 18.3 Å². The first-order chi connectivity index (χ1) is 6.96. The molecule has 0 unspecified atom stereocenters. The minimum absolute atomic E-state index is 0.520. The summed E-state index contributed by atoms with van der Waals surface area (Å²) in [4.78, 5) is 0. The predicted octanol–water partition coefficient (Wildman–Crippen LogP) is 4.47. The number of hydrogen-bond donors (Lipinski definition) is 0. The van der Waals surface area contributed by atoms with Crippen molar-refractivity contribution in [1.29, 1.82) is 0 Å². The molecule has 8 heteroatoms. The Morgan fingerprint density at radius 1 is 0.750 bits per heavy atom. The van der Waals surface area contributed by atoms with Crippen LogP contribution in [-0.2, 0) is 0 Å². The van der Waals surface area contributed by atoms with E-state index in [0.717, 1.165) is 0 Å². The van der Waals surface area contributed by atoms with Gasteiger partial charge in [0.2, 0.25) is 0 Å². The van der Waals surface area contributed by atoms with Crippen molar-refractivity contribution in [2.75, 3.05) is 0 Å². The largest absolute Gasteiger partial charge is 0.453 e. The molecule has 0 nitrogen and oxygen atoms in total. The smallest absolute Gasteiger partial charge is 0.196 e. The van der Waals surface area contributed by atoms with E-state index in [1.165, 1.54) is 0 Å². The van der Waals surface area contributed by atoms with Gasteiger partial charge in [0.15, 0.2) is 0 Å². The molecule has 0 heterocycles. The van der Waals surface area contributed by atoms with Crippen LogP contribution < -0.4 is 0 Å². The first-order valence-electron chi connectivity index (χ1n) is 4.12. The lowest BCUT2D eigenvalue weighted by Crippen LogP contribution is -2.35. The summed E-state index contributed by atoms with van der Waals surface area (Å²) < 4.78 is 93.7. The molecule has 0 fully saturated rings. The minimum Gasteiger partial charge on any atom is -0.196 e. The summed E-state index contributed by atoms with van der Waals surface area (Å²) in [5.74, 6) is -4.87. The van der Waals surface area contributed by atoms with E-state index >= 15 is 0 Å². The van der Waals surface area contributed by atoms with Gasteiger partial charge in [-0.3, -0.25) is 0 Å². The summed E-state index contributed by atoms with van der Waals surface area (Å²) in [6, 6.07) is 0. The van der Waals surface area contributed by atoms with E-state index in [4.69, 9.17) is 0 Å². The van der Waals surface area contributed by atoms with Gasteiger partial charge < -0.3 is 0 Å². The maximum absolute atomic E-state index is 12.2. The first kappa shape index (κ1) is 15.2. The first-order valence-corrected chi connectivity index (χ1v) is 4.12. The van der Waals surface area contributed by atoms with E-state index in [1.54, 1.807) is 0 Å².